The largest absolute Gasteiger partial charge is 0.365 e. The van der Waals surface area contributed by atoms with Gasteiger partial charge in [-0.3, -0.25) is 0 Å². The molecule has 0 radical (unpaired) electrons. The van der Waals surface area contributed by atoms with Crippen molar-refractivity contribution >= 4 is 11.5 Å². The molecule has 0 aliphatic heterocycles. The van der Waals surface area contributed by atoms with Gasteiger partial charge in [-0.1, -0.05) is 18.6 Å². The molecule has 0 spiro atoms. The highest BCUT2D eigenvalue weighted by Crippen LogP contribution is 2.39. The number of nitrogens with one attached hydrogen (secondary N) is 1. The van der Waals surface area contributed by atoms with Crippen LogP contribution in [0.5, 0.6) is 0 Å². The zero-order valence-electron chi connectivity index (χ0n) is 13.9. The molecule has 0 bridgehead atoms. The third-order valence-corrected chi connectivity index (χ3v) is 5.38. The van der Waals surface area contributed by atoms with Gasteiger partial charge < -0.3 is 5.32 Å². The van der Waals surface area contributed by atoms with Crippen LogP contribution in [0, 0.1) is 5.82 Å². The Morgan fingerprint density at radius 3 is 2.60 bits per heavy atom. The van der Waals surface area contributed by atoms with Crippen LogP contribution >= 0.6 is 0 Å². The predicted molar refractivity (Wildman–Crippen MR) is 93.2 cm³/mol. The third kappa shape index (κ3) is 2.75. The zero-order valence-corrected chi connectivity index (χ0v) is 13.9. The summed E-state index contributed by atoms with van der Waals surface area (Å²) in [6, 6.07) is 11.2. The Morgan fingerprint density at radius 2 is 1.80 bits per heavy atom. The summed E-state index contributed by atoms with van der Waals surface area (Å²) in [5.74, 6) is 2.55. The molecule has 2 aliphatic rings. The number of fused-ring (bicyclic) bond motifs is 1. The average Bonchev–Trinajstić information content (AvgIpc) is 3.22. The molecule has 5 nitrogen and oxygen atoms in total. The van der Waals surface area contributed by atoms with E-state index in [-0.39, 0.29) is 5.82 Å². The lowest BCUT2D eigenvalue weighted by Gasteiger charge is -2.22. The van der Waals surface area contributed by atoms with Crippen LogP contribution in [0.3, 0.4) is 0 Å². The lowest BCUT2D eigenvalue weighted by Crippen LogP contribution is -2.23. The van der Waals surface area contributed by atoms with Crippen LogP contribution in [0.1, 0.15) is 55.3 Å². The molecule has 25 heavy (non-hydrogen) atoms. The fourth-order valence-corrected chi connectivity index (χ4v) is 3.91. The van der Waals surface area contributed by atoms with Crippen molar-refractivity contribution in [2.75, 3.05) is 5.32 Å². The van der Waals surface area contributed by atoms with E-state index in [1.807, 2.05) is 28.8 Å². The number of nitrogens with zero attached hydrogens (tertiary/aromatic N) is 4. The van der Waals surface area contributed by atoms with Gasteiger partial charge in [0.05, 0.1) is 0 Å². The number of hydrogen-bond donors (Lipinski definition) is 1. The average molecular weight is 337 g/mol. The maximum absolute atomic E-state index is 13.2. The summed E-state index contributed by atoms with van der Waals surface area (Å²) in [7, 11) is 0. The van der Waals surface area contributed by atoms with Crippen LogP contribution in [0.25, 0.3) is 5.65 Å². The Balaban J connectivity index is 1.41. The van der Waals surface area contributed by atoms with Gasteiger partial charge in [-0.15, -0.1) is 15.3 Å². The molecule has 2 fully saturated rings. The highest BCUT2D eigenvalue weighted by molar-refractivity contribution is 5.45. The van der Waals surface area contributed by atoms with Gasteiger partial charge >= 0.3 is 0 Å². The van der Waals surface area contributed by atoms with E-state index in [1.165, 1.54) is 24.8 Å². The second-order valence-corrected chi connectivity index (χ2v) is 7.16. The van der Waals surface area contributed by atoms with Gasteiger partial charge in [-0.25, -0.2) is 4.39 Å². The summed E-state index contributed by atoms with van der Waals surface area (Å²) in [6.45, 7) is 0. The van der Waals surface area contributed by atoms with Crippen LogP contribution < -0.4 is 5.32 Å². The molecule has 6 heteroatoms. The predicted octanol–water partition coefficient (Wildman–Crippen LogP) is 3.89. The van der Waals surface area contributed by atoms with Crippen molar-refractivity contribution in [3.8, 4) is 0 Å². The molecule has 1 N–H and O–H groups in total. The molecule has 2 aromatic heterocycles. The number of aromatic nitrogens is 4. The quantitative estimate of drug-likeness (QED) is 0.785. The van der Waals surface area contributed by atoms with Crippen LogP contribution in [-0.4, -0.2) is 25.9 Å². The van der Waals surface area contributed by atoms with Crippen molar-refractivity contribution in [1.29, 1.82) is 0 Å². The number of hydrogen-bond acceptors (Lipinski definition) is 4. The normalized spacial score (nSPS) is 23.2. The third-order valence-electron chi connectivity index (χ3n) is 5.38. The number of rotatable bonds is 4. The summed E-state index contributed by atoms with van der Waals surface area (Å²) in [4.78, 5) is 0. The van der Waals surface area contributed by atoms with E-state index in [2.05, 4.69) is 15.5 Å². The van der Waals surface area contributed by atoms with Gasteiger partial charge in [0.1, 0.15) is 11.6 Å². The maximum atomic E-state index is 13.2. The molecule has 2 aliphatic carbocycles. The molecule has 2 heterocycles. The molecule has 0 saturated heterocycles. The van der Waals surface area contributed by atoms with E-state index in [1.54, 1.807) is 12.1 Å². The number of benzene rings is 1. The van der Waals surface area contributed by atoms with Crippen molar-refractivity contribution in [2.45, 2.75) is 50.0 Å². The van der Waals surface area contributed by atoms with Gasteiger partial charge in [0, 0.05) is 17.9 Å². The van der Waals surface area contributed by atoms with E-state index in [4.69, 9.17) is 5.10 Å². The van der Waals surface area contributed by atoms with Crippen molar-refractivity contribution < 1.29 is 4.39 Å². The van der Waals surface area contributed by atoms with E-state index in [0.29, 0.717) is 17.9 Å². The van der Waals surface area contributed by atoms with Crippen LogP contribution in [0.4, 0.5) is 10.2 Å². The molecular weight excluding hydrogens is 317 g/mol. The van der Waals surface area contributed by atoms with E-state index < -0.39 is 0 Å². The van der Waals surface area contributed by atoms with Crippen molar-refractivity contribution in [3.63, 3.8) is 0 Å². The molecule has 2 unspecified atom stereocenters. The molecule has 1 aromatic carbocycles. The summed E-state index contributed by atoms with van der Waals surface area (Å²) in [5.41, 5.74) is 1.99. The topological polar surface area (TPSA) is 55.1 Å². The van der Waals surface area contributed by atoms with Crippen molar-refractivity contribution in [3.05, 3.63) is 53.6 Å². The van der Waals surface area contributed by atoms with E-state index in [0.717, 1.165) is 30.1 Å². The first kappa shape index (κ1) is 14.8. The fraction of sp³-hybridized carbons (Fsp3) is 0.421. The number of anilines is 1. The van der Waals surface area contributed by atoms with Gasteiger partial charge in [-0.05, 0) is 55.5 Å². The SMILES string of the molecule is Fc1ccc(C2CCCC2Nc2ccc3nnc(C4CC4)n3n2)cc1. The standard InChI is InChI=1S/C19H20FN5/c20-14-8-6-12(7-9-14)15-2-1-3-16(15)21-17-10-11-18-22-23-19(13-4-5-13)25(18)24-17/h6-11,13,15-16H,1-5H2,(H,21,24). The van der Waals surface area contributed by atoms with Gasteiger partial charge in [0.2, 0.25) is 0 Å². The first-order chi connectivity index (χ1) is 12.3. The van der Waals surface area contributed by atoms with Crippen LogP contribution in [0.2, 0.25) is 0 Å². The zero-order chi connectivity index (χ0) is 16.8. The summed E-state index contributed by atoms with van der Waals surface area (Å²) < 4.78 is 15.1. The molecule has 3 aromatic rings. The smallest absolute Gasteiger partial charge is 0.178 e. The summed E-state index contributed by atoms with van der Waals surface area (Å²) in [6.07, 6.45) is 5.73. The van der Waals surface area contributed by atoms with Gasteiger partial charge in [0.15, 0.2) is 11.5 Å². The second kappa shape index (κ2) is 5.79. The Labute approximate surface area is 145 Å². The minimum absolute atomic E-state index is 0.182. The highest BCUT2D eigenvalue weighted by Gasteiger charge is 2.31. The monoisotopic (exact) mass is 337 g/mol. The summed E-state index contributed by atoms with van der Waals surface area (Å²) >= 11 is 0. The number of halogens is 1. The minimum Gasteiger partial charge on any atom is -0.365 e. The summed E-state index contributed by atoms with van der Waals surface area (Å²) in [5, 5.41) is 16.8. The Kier molecular flexibility index (Phi) is 3.43. The molecule has 5 rings (SSSR count). The van der Waals surface area contributed by atoms with Crippen LogP contribution in [-0.2, 0) is 0 Å². The molecule has 0 amide bonds. The second-order valence-electron chi connectivity index (χ2n) is 7.16. The molecule has 2 saturated carbocycles. The fourth-order valence-electron chi connectivity index (χ4n) is 3.91. The van der Waals surface area contributed by atoms with E-state index in [9.17, 15) is 4.39 Å². The lowest BCUT2D eigenvalue weighted by molar-refractivity contribution is 0.617. The molecular formula is C19H20FN5. The Bertz CT molecular complexity index is 900. The van der Waals surface area contributed by atoms with Crippen molar-refractivity contribution in [2.24, 2.45) is 0 Å². The molecule has 128 valence electrons. The first-order valence-corrected chi connectivity index (χ1v) is 9.02. The Hall–Kier alpha value is -2.50. The van der Waals surface area contributed by atoms with Crippen molar-refractivity contribution in [1.82, 2.24) is 19.8 Å². The molecule has 2 atom stereocenters. The first-order valence-electron chi connectivity index (χ1n) is 9.02. The lowest BCUT2D eigenvalue weighted by atomic mass is 9.94. The highest BCUT2D eigenvalue weighted by atomic mass is 19.1. The van der Waals surface area contributed by atoms with Gasteiger partial charge in [0.25, 0.3) is 0 Å². The van der Waals surface area contributed by atoms with Gasteiger partial charge in [-0.2, -0.15) is 4.52 Å². The maximum Gasteiger partial charge on any atom is 0.178 e. The van der Waals surface area contributed by atoms with E-state index >= 15 is 0 Å². The minimum atomic E-state index is -0.182. The van der Waals surface area contributed by atoms with Crippen LogP contribution in [0.15, 0.2) is 36.4 Å². The Morgan fingerprint density at radius 1 is 0.960 bits per heavy atom.